The number of rotatable bonds is 5. The highest BCUT2D eigenvalue weighted by atomic mass is 32.2. The van der Waals surface area contributed by atoms with Crippen LogP contribution in [0.4, 0.5) is 5.69 Å². The third-order valence-electron chi connectivity index (χ3n) is 5.85. The molecule has 0 unspecified atom stereocenters. The van der Waals surface area contributed by atoms with E-state index in [9.17, 15) is 13.2 Å². The Bertz CT molecular complexity index is 1410. The molecule has 1 fully saturated rings. The first-order valence-electron chi connectivity index (χ1n) is 10.7. The second-order valence-corrected chi connectivity index (χ2v) is 9.97. The van der Waals surface area contributed by atoms with Gasteiger partial charge in [-0.15, -0.1) is 0 Å². The van der Waals surface area contributed by atoms with Crippen LogP contribution >= 0.6 is 0 Å². The molecule has 1 atom stereocenters. The van der Waals surface area contributed by atoms with Gasteiger partial charge in [0.15, 0.2) is 0 Å². The summed E-state index contributed by atoms with van der Waals surface area (Å²) in [6.45, 7) is 2.22. The van der Waals surface area contributed by atoms with Crippen molar-refractivity contribution in [2.45, 2.75) is 30.7 Å². The summed E-state index contributed by atoms with van der Waals surface area (Å²) < 4.78 is 29.4. The number of pyridine rings is 1. The Hall–Kier alpha value is -3.56. The SMILES string of the molecule is Cc1ccc(S(=O)(=O)N2CCC[C@H]2C(=O)Nc2ccc(-n3cnc4ccccc43)nc2)cc1. The monoisotopic (exact) mass is 461 g/mol. The molecule has 168 valence electrons. The molecule has 0 bridgehead atoms. The summed E-state index contributed by atoms with van der Waals surface area (Å²) >= 11 is 0. The normalized spacial score (nSPS) is 16.8. The molecule has 1 amide bonds. The van der Waals surface area contributed by atoms with Crippen molar-refractivity contribution in [2.24, 2.45) is 0 Å². The van der Waals surface area contributed by atoms with Crippen LogP contribution in [0.3, 0.4) is 0 Å². The lowest BCUT2D eigenvalue weighted by Crippen LogP contribution is -2.43. The number of nitrogens with zero attached hydrogens (tertiary/aromatic N) is 4. The molecule has 1 N–H and O–H groups in total. The molecular weight excluding hydrogens is 438 g/mol. The first-order valence-corrected chi connectivity index (χ1v) is 12.2. The molecule has 9 heteroatoms. The van der Waals surface area contributed by atoms with E-state index in [0.29, 0.717) is 30.9 Å². The molecule has 1 saturated heterocycles. The van der Waals surface area contributed by atoms with Gasteiger partial charge in [0.1, 0.15) is 18.2 Å². The highest BCUT2D eigenvalue weighted by molar-refractivity contribution is 7.89. The lowest BCUT2D eigenvalue weighted by atomic mass is 10.2. The van der Waals surface area contributed by atoms with Gasteiger partial charge in [0.2, 0.25) is 15.9 Å². The molecule has 0 saturated carbocycles. The quantitative estimate of drug-likeness (QED) is 0.490. The first kappa shape index (κ1) is 21.3. The van der Waals surface area contributed by atoms with Gasteiger partial charge in [-0.05, 0) is 56.2 Å². The Morgan fingerprint density at radius 1 is 1.03 bits per heavy atom. The molecule has 2 aromatic carbocycles. The second-order valence-electron chi connectivity index (χ2n) is 8.08. The fourth-order valence-corrected chi connectivity index (χ4v) is 5.76. The standard InChI is InChI=1S/C24H23N5O3S/c1-17-8-11-19(12-9-17)33(31,32)29-14-4-7-22(29)24(30)27-18-10-13-23(25-15-18)28-16-26-20-5-2-3-6-21(20)28/h2-3,5-6,8-13,15-16,22H,4,7,14H2,1H3,(H,27,30)/t22-/m0/s1. The predicted octanol–water partition coefficient (Wildman–Crippen LogP) is 3.52. The number of carbonyl (C=O) groups excluding carboxylic acids is 1. The van der Waals surface area contributed by atoms with Gasteiger partial charge in [-0.2, -0.15) is 4.31 Å². The third-order valence-corrected chi connectivity index (χ3v) is 7.77. The number of benzene rings is 2. The van der Waals surface area contributed by atoms with E-state index in [1.54, 1.807) is 48.9 Å². The van der Waals surface area contributed by atoms with E-state index in [-0.39, 0.29) is 10.8 Å². The van der Waals surface area contributed by atoms with E-state index in [1.807, 2.05) is 35.8 Å². The van der Waals surface area contributed by atoms with Gasteiger partial charge in [-0.3, -0.25) is 9.36 Å². The van der Waals surface area contributed by atoms with E-state index in [4.69, 9.17) is 0 Å². The van der Waals surface area contributed by atoms with Gasteiger partial charge in [-0.25, -0.2) is 18.4 Å². The predicted molar refractivity (Wildman–Crippen MR) is 126 cm³/mol. The van der Waals surface area contributed by atoms with Crippen molar-refractivity contribution in [1.82, 2.24) is 18.8 Å². The van der Waals surface area contributed by atoms with Crippen LogP contribution in [0.15, 0.2) is 78.1 Å². The topological polar surface area (TPSA) is 97.2 Å². The van der Waals surface area contributed by atoms with Crippen LogP contribution in [0.1, 0.15) is 18.4 Å². The minimum absolute atomic E-state index is 0.200. The molecule has 3 heterocycles. The molecule has 1 aliphatic heterocycles. The Labute approximate surface area is 192 Å². The number of aromatic nitrogens is 3. The van der Waals surface area contributed by atoms with E-state index in [1.165, 1.54) is 4.31 Å². The zero-order chi connectivity index (χ0) is 23.0. The number of hydrogen-bond acceptors (Lipinski definition) is 5. The molecule has 2 aromatic heterocycles. The maximum Gasteiger partial charge on any atom is 0.243 e. The number of para-hydroxylation sites is 2. The van der Waals surface area contributed by atoms with Crippen molar-refractivity contribution >= 4 is 32.7 Å². The van der Waals surface area contributed by atoms with E-state index in [2.05, 4.69) is 15.3 Å². The Kier molecular flexibility index (Phi) is 5.43. The summed E-state index contributed by atoms with van der Waals surface area (Å²) in [7, 11) is -3.75. The third kappa shape index (κ3) is 4.01. The van der Waals surface area contributed by atoms with Crippen LogP contribution in [0.25, 0.3) is 16.9 Å². The molecule has 0 aliphatic carbocycles. The summed E-state index contributed by atoms with van der Waals surface area (Å²) in [6, 6.07) is 17.2. The van der Waals surface area contributed by atoms with Crippen molar-refractivity contribution in [2.75, 3.05) is 11.9 Å². The van der Waals surface area contributed by atoms with Crippen LogP contribution in [0.5, 0.6) is 0 Å². The Balaban J connectivity index is 1.33. The molecule has 0 spiro atoms. The highest BCUT2D eigenvalue weighted by Gasteiger charge is 2.39. The Morgan fingerprint density at radius 2 is 1.82 bits per heavy atom. The summed E-state index contributed by atoms with van der Waals surface area (Å²) in [6.07, 6.45) is 4.38. The molecule has 8 nitrogen and oxygen atoms in total. The minimum atomic E-state index is -3.75. The maximum atomic E-state index is 13.1. The first-order chi connectivity index (χ1) is 15.9. The molecule has 0 radical (unpaired) electrons. The summed E-state index contributed by atoms with van der Waals surface area (Å²) in [5.74, 6) is 0.317. The Morgan fingerprint density at radius 3 is 2.58 bits per heavy atom. The number of nitrogens with one attached hydrogen (secondary N) is 1. The minimum Gasteiger partial charge on any atom is -0.323 e. The van der Waals surface area contributed by atoms with E-state index in [0.717, 1.165) is 16.6 Å². The van der Waals surface area contributed by atoms with Crippen molar-refractivity contribution in [1.29, 1.82) is 0 Å². The van der Waals surface area contributed by atoms with Crippen LogP contribution in [-0.4, -0.2) is 45.8 Å². The van der Waals surface area contributed by atoms with Crippen LogP contribution in [0, 0.1) is 6.92 Å². The van der Waals surface area contributed by atoms with Gasteiger partial charge in [0.25, 0.3) is 0 Å². The zero-order valence-corrected chi connectivity index (χ0v) is 18.9. The van der Waals surface area contributed by atoms with Crippen molar-refractivity contribution in [3.63, 3.8) is 0 Å². The highest BCUT2D eigenvalue weighted by Crippen LogP contribution is 2.27. The molecule has 33 heavy (non-hydrogen) atoms. The number of sulfonamides is 1. The molecule has 5 rings (SSSR count). The molecule has 1 aliphatic rings. The van der Waals surface area contributed by atoms with Crippen molar-refractivity contribution in [3.05, 3.63) is 78.8 Å². The number of hydrogen-bond donors (Lipinski definition) is 1. The van der Waals surface area contributed by atoms with Crippen LogP contribution in [-0.2, 0) is 14.8 Å². The van der Waals surface area contributed by atoms with Gasteiger partial charge in [-0.1, -0.05) is 29.8 Å². The number of amides is 1. The molecular formula is C24H23N5O3S. The summed E-state index contributed by atoms with van der Waals surface area (Å²) in [5, 5.41) is 2.82. The number of aryl methyl sites for hydroxylation is 1. The van der Waals surface area contributed by atoms with E-state index >= 15 is 0 Å². The summed E-state index contributed by atoms with van der Waals surface area (Å²) in [5.41, 5.74) is 3.29. The average molecular weight is 462 g/mol. The van der Waals surface area contributed by atoms with Crippen molar-refractivity contribution in [3.8, 4) is 5.82 Å². The van der Waals surface area contributed by atoms with E-state index < -0.39 is 16.1 Å². The van der Waals surface area contributed by atoms with Gasteiger partial charge in [0.05, 0.1) is 27.8 Å². The summed E-state index contributed by atoms with van der Waals surface area (Å²) in [4.78, 5) is 22.0. The van der Waals surface area contributed by atoms with Gasteiger partial charge >= 0.3 is 0 Å². The van der Waals surface area contributed by atoms with Gasteiger partial charge < -0.3 is 5.32 Å². The maximum absolute atomic E-state index is 13.1. The largest absolute Gasteiger partial charge is 0.323 e. The lowest BCUT2D eigenvalue weighted by molar-refractivity contribution is -0.119. The molecule has 4 aromatic rings. The number of imidazole rings is 1. The fraction of sp³-hybridized carbons (Fsp3) is 0.208. The smallest absolute Gasteiger partial charge is 0.243 e. The number of fused-ring (bicyclic) bond motifs is 1. The second kappa shape index (κ2) is 8.42. The lowest BCUT2D eigenvalue weighted by Gasteiger charge is -2.23. The van der Waals surface area contributed by atoms with Crippen molar-refractivity contribution < 1.29 is 13.2 Å². The van der Waals surface area contributed by atoms with Gasteiger partial charge in [0, 0.05) is 6.54 Å². The van der Waals surface area contributed by atoms with Crippen LogP contribution in [0.2, 0.25) is 0 Å². The number of carbonyl (C=O) groups is 1. The fourth-order valence-electron chi connectivity index (χ4n) is 4.11. The number of anilines is 1. The van der Waals surface area contributed by atoms with Crippen LogP contribution < -0.4 is 5.32 Å². The average Bonchev–Trinajstić information content (AvgIpc) is 3.48. The zero-order valence-electron chi connectivity index (χ0n) is 18.0.